The van der Waals surface area contributed by atoms with Crippen LogP contribution in [0.2, 0.25) is 0 Å². The quantitative estimate of drug-likeness (QED) is 0.891. The summed E-state index contributed by atoms with van der Waals surface area (Å²) < 4.78 is 0. The van der Waals surface area contributed by atoms with E-state index in [1.54, 1.807) is 11.3 Å². The molecule has 0 aliphatic carbocycles. The van der Waals surface area contributed by atoms with Crippen LogP contribution in [0.25, 0.3) is 0 Å². The molecule has 17 heavy (non-hydrogen) atoms. The molecule has 0 saturated carbocycles. The number of nitrogens with one attached hydrogen (secondary N) is 1. The van der Waals surface area contributed by atoms with Gasteiger partial charge in [-0.15, -0.1) is 11.3 Å². The number of thiophene rings is 1. The van der Waals surface area contributed by atoms with Crippen molar-refractivity contribution in [2.45, 2.75) is 6.04 Å². The van der Waals surface area contributed by atoms with Gasteiger partial charge in [0.1, 0.15) is 0 Å². The highest BCUT2D eigenvalue weighted by Gasteiger charge is 2.13. The molecule has 0 aliphatic heterocycles. The molecule has 0 aliphatic rings. The third-order valence-corrected chi connectivity index (χ3v) is 3.77. The highest BCUT2D eigenvalue weighted by Crippen LogP contribution is 2.27. The molecule has 1 heterocycles. The van der Waals surface area contributed by atoms with Crippen LogP contribution < -0.4 is 10.2 Å². The summed E-state index contributed by atoms with van der Waals surface area (Å²) in [5, 5.41) is 5.50. The topological polar surface area (TPSA) is 15.3 Å². The second kappa shape index (κ2) is 5.34. The molecular formula is C14H18N2S. The van der Waals surface area contributed by atoms with E-state index in [2.05, 4.69) is 66.1 Å². The number of hydrogen-bond donors (Lipinski definition) is 1. The van der Waals surface area contributed by atoms with E-state index in [1.807, 2.05) is 7.05 Å². The van der Waals surface area contributed by atoms with Gasteiger partial charge in [0.25, 0.3) is 0 Å². The van der Waals surface area contributed by atoms with Gasteiger partial charge in [-0.3, -0.25) is 0 Å². The van der Waals surface area contributed by atoms with Crippen LogP contribution in [0.15, 0.2) is 41.8 Å². The Bertz CT molecular complexity index is 463. The van der Waals surface area contributed by atoms with Crippen molar-refractivity contribution in [3.8, 4) is 0 Å². The first kappa shape index (κ1) is 12.1. The smallest absolute Gasteiger partial charge is 0.0669 e. The molecule has 0 bridgehead atoms. The molecule has 1 N–H and O–H groups in total. The normalized spacial score (nSPS) is 12.4. The van der Waals surface area contributed by atoms with Crippen molar-refractivity contribution in [3.05, 3.63) is 52.2 Å². The maximum atomic E-state index is 3.38. The van der Waals surface area contributed by atoms with E-state index in [0.29, 0.717) is 0 Å². The summed E-state index contributed by atoms with van der Waals surface area (Å²) >= 11 is 1.79. The fraction of sp³-hybridized carbons (Fsp3) is 0.286. The summed E-state index contributed by atoms with van der Waals surface area (Å²) in [6.07, 6.45) is 0. The zero-order valence-corrected chi connectivity index (χ0v) is 11.3. The van der Waals surface area contributed by atoms with Crippen LogP contribution in [0.3, 0.4) is 0 Å². The molecule has 0 fully saturated rings. The summed E-state index contributed by atoms with van der Waals surface area (Å²) in [7, 11) is 6.14. The van der Waals surface area contributed by atoms with E-state index < -0.39 is 0 Å². The zero-order valence-electron chi connectivity index (χ0n) is 10.5. The number of hydrogen-bond acceptors (Lipinski definition) is 3. The van der Waals surface area contributed by atoms with Gasteiger partial charge in [0.05, 0.1) is 6.04 Å². The Morgan fingerprint density at radius 1 is 1.18 bits per heavy atom. The standard InChI is InChI=1S/C14H18N2S/c1-15-14(13-8-5-9-17-13)11-6-4-7-12(10-11)16(2)3/h4-10,14-15H,1-3H3. The van der Waals surface area contributed by atoms with Crippen molar-refractivity contribution in [1.82, 2.24) is 5.32 Å². The molecule has 1 aromatic heterocycles. The van der Waals surface area contributed by atoms with Crippen LogP contribution in [0, 0.1) is 0 Å². The third kappa shape index (κ3) is 2.68. The maximum absolute atomic E-state index is 3.38. The Labute approximate surface area is 107 Å². The molecule has 0 radical (unpaired) electrons. The van der Waals surface area contributed by atoms with E-state index in [1.165, 1.54) is 16.1 Å². The van der Waals surface area contributed by atoms with Crippen LogP contribution in [-0.4, -0.2) is 21.1 Å². The van der Waals surface area contributed by atoms with Gasteiger partial charge < -0.3 is 10.2 Å². The van der Waals surface area contributed by atoms with Crippen molar-refractivity contribution < 1.29 is 0 Å². The van der Waals surface area contributed by atoms with Crippen molar-refractivity contribution in [1.29, 1.82) is 0 Å². The average molecular weight is 246 g/mol. The van der Waals surface area contributed by atoms with Crippen molar-refractivity contribution in [3.63, 3.8) is 0 Å². The average Bonchev–Trinajstić information content (AvgIpc) is 2.84. The van der Waals surface area contributed by atoms with E-state index in [-0.39, 0.29) is 6.04 Å². The first-order valence-electron chi connectivity index (χ1n) is 5.70. The largest absolute Gasteiger partial charge is 0.378 e. The van der Waals surface area contributed by atoms with Gasteiger partial charge in [-0.1, -0.05) is 18.2 Å². The van der Waals surface area contributed by atoms with Crippen molar-refractivity contribution in [2.24, 2.45) is 0 Å². The second-order valence-electron chi connectivity index (χ2n) is 4.23. The van der Waals surface area contributed by atoms with Crippen molar-refractivity contribution in [2.75, 3.05) is 26.0 Å². The number of benzene rings is 1. The molecule has 0 spiro atoms. The molecular weight excluding hydrogens is 228 g/mol. The summed E-state index contributed by atoms with van der Waals surface area (Å²) in [6, 6.07) is 13.2. The number of rotatable bonds is 4. The predicted octanol–water partition coefficient (Wildman–Crippen LogP) is 3.12. The van der Waals surface area contributed by atoms with Gasteiger partial charge in [0.2, 0.25) is 0 Å². The van der Waals surface area contributed by atoms with Gasteiger partial charge in [0, 0.05) is 24.7 Å². The Morgan fingerprint density at radius 3 is 2.59 bits per heavy atom. The maximum Gasteiger partial charge on any atom is 0.0669 e. The van der Waals surface area contributed by atoms with E-state index in [0.717, 1.165) is 0 Å². The Hall–Kier alpha value is -1.32. The minimum atomic E-state index is 0.287. The SMILES string of the molecule is CNC(c1cccc(N(C)C)c1)c1cccs1. The lowest BCUT2D eigenvalue weighted by atomic mass is 10.0. The Morgan fingerprint density at radius 2 is 2.00 bits per heavy atom. The van der Waals surface area contributed by atoms with E-state index >= 15 is 0 Å². The van der Waals surface area contributed by atoms with Crippen LogP contribution >= 0.6 is 11.3 Å². The number of nitrogens with zero attached hydrogens (tertiary/aromatic N) is 1. The summed E-state index contributed by atoms with van der Waals surface area (Å²) in [5.41, 5.74) is 2.54. The number of anilines is 1. The molecule has 2 nitrogen and oxygen atoms in total. The lowest BCUT2D eigenvalue weighted by molar-refractivity contribution is 0.704. The van der Waals surface area contributed by atoms with Gasteiger partial charge in [0.15, 0.2) is 0 Å². The monoisotopic (exact) mass is 246 g/mol. The van der Waals surface area contributed by atoms with Crippen LogP contribution in [-0.2, 0) is 0 Å². The van der Waals surface area contributed by atoms with Gasteiger partial charge in [-0.25, -0.2) is 0 Å². The van der Waals surface area contributed by atoms with Crippen molar-refractivity contribution >= 4 is 17.0 Å². The third-order valence-electron chi connectivity index (χ3n) is 2.84. The van der Waals surface area contributed by atoms with E-state index in [9.17, 15) is 0 Å². The van der Waals surface area contributed by atoms with Crippen LogP contribution in [0.5, 0.6) is 0 Å². The fourth-order valence-electron chi connectivity index (χ4n) is 1.91. The molecule has 2 rings (SSSR count). The summed E-state index contributed by atoms with van der Waals surface area (Å²) in [6.45, 7) is 0. The lowest BCUT2D eigenvalue weighted by Gasteiger charge is -2.18. The molecule has 90 valence electrons. The first-order valence-corrected chi connectivity index (χ1v) is 6.58. The highest BCUT2D eigenvalue weighted by molar-refractivity contribution is 7.10. The second-order valence-corrected chi connectivity index (χ2v) is 5.21. The first-order chi connectivity index (χ1) is 8.22. The molecule has 3 heteroatoms. The minimum absolute atomic E-state index is 0.287. The predicted molar refractivity (Wildman–Crippen MR) is 76.0 cm³/mol. The van der Waals surface area contributed by atoms with Gasteiger partial charge >= 0.3 is 0 Å². The Kier molecular flexibility index (Phi) is 3.82. The molecule has 0 amide bonds. The van der Waals surface area contributed by atoms with Gasteiger partial charge in [-0.2, -0.15) is 0 Å². The Balaban J connectivity index is 2.34. The molecule has 1 aromatic carbocycles. The van der Waals surface area contributed by atoms with Crippen LogP contribution in [0.1, 0.15) is 16.5 Å². The minimum Gasteiger partial charge on any atom is -0.378 e. The summed E-state index contributed by atoms with van der Waals surface area (Å²) in [4.78, 5) is 3.48. The lowest BCUT2D eigenvalue weighted by Crippen LogP contribution is -2.17. The summed E-state index contributed by atoms with van der Waals surface area (Å²) in [5.74, 6) is 0. The molecule has 1 unspecified atom stereocenters. The zero-order chi connectivity index (χ0) is 12.3. The van der Waals surface area contributed by atoms with Crippen LogP contribution in [0.4, 0.5) is 5.69 Å². The van der Waals surface area contributed by atoms with Gasteiger partial charge in [-0.05, 0) is 36.2 Å². The van der Waals surface area contributed by atoms with E-state index in [4.69, 9.17) is 0 Å². The molecule has 0 saturated heterocycles. The fourth-order valence-corrected chi connectivity index (χ4v) is 2.77. The highest BCUT2D eigenvalue weighted by atomic mass is 32.1. The molecule has 2 aromatic rings. The molecule has 1 atom stereocenters.